The number of ether oxygens (including phenoxy) is 1. The van der Waals surface area contributed by atoms with E-state index in [1.165, 1.54) is 4.63 Å². The van der Waals surface area contributed by atoms with Crippen molar-refractivity contribution in [3.8, 4) is 5.75 Å². The van der Waals surface area contributed by atoms with Gasteiger partial charge in [-0.2, -0.15) is 0 Å². The van der Waals surface area contributed by atoms with Gasteiger partial charge >= 0.3 is 0 Å². The molecule has 130 valence electrons. The molecule has 1 N–H and O–H groups in total. The van der Waals surface area contributed by atoms with E-state index in [-0.39, 0.29) is 6.04 Å². The second-order valence-corrected chi connectivity index (χ2v) is 5.74. The average molecular weight is 346 g/mol. The van der Waals surface area contributed by atoms with E-state index in [0.717, 1.165) is 16.9 Å². The number of tetrazole rings is 1. The van der Waals surface area contributed by atoms with Crippen molar-refractivity contribution < 1.29 is 4.74 Å². The Labute approximate surface area is 150 Å². The Morgan fingerprint density at radius 2 is 1.73 bits per heavy atom. The van der Waals surface area contributed by atoms with Crippen LogP contribution in [0.25, 0.3) is 5.65 Å². The van der Waals surface area contributed by atoms with Crippen LogP contribution < -0.4 is 10.1 Å². The lowest BCUT2D eigenvalue weighted by Gasteiger charge is -2.20. The highest BCUT2D eigenvalue weighted by molar-refractivity contribution is 5.47. The van der Waals surface area contributed by atoms with Gasteiger partial charge in [-0.15, -0.1) is 14.8 Å². The summed E-state index contributed by atoms with van der Waals surface area (Å²) < 4.78 is 6.95. The first-order valence-electron chi connectivity index (χ1n) is 8.43. The number of hydrogen-bond acceptors (Lipinski definition) is 6. The topological polar surface area (TPSA) is 77.2 Å². The van der Waals surface area contributed by atoms with E-state index >= 15 is 0 Å². The number of rotatable bonds is 6. The van der Waals surface area contributed by atoms with Crippen molar-refractivity contribution in [2.45, 2.75) is 13.0 Å². The molecular weight excluding hydrogens is 328 g/mol. The predicted molar refractivity (Wildman–Crippen MR) is 98.1 cm³/mol. The zero-order chi connectivity index (χ0) is 17.8. The Kier molecular flexibility index (Phi) is 4.42. The molecule has 0 radical (unpaired) electrons. The summed E-state index contributed by atoms with van der Waals surface area (Å²) in [6, 6.07) is 21.9. The van der Waals surface area contributed by atoms with Gasteiger partial charge in [0.25, 0.3) is 0 Å². The number of nitrogens with one attached hydrogen (secondary N) is 1. The van der Waals surface area contributed by atoms with Gasteiger partial charge in [0.2, 0.25) is 0 Å². The first-order valence-corrected chi connectivity index (χ1v) is 8.43. The molecule has 2 heterocycles. The summed E-state index contributed by atoms with van der Waals surface area (Å²) in [4.78, 5) is 0. The number of aromatic nitrogens is 5. The normalized spacial score (nSPS) is 12.0. The Hall–Kier alpha value is -3.48. The minimum atomic E-state index is -0.0618. The van der Waals surface area contributed by atoms with Crippen LogP contribution in [0.4, 0.5) is 5.82 Å². The molecule has 26 heavy (non-hydrogen) atoms. The van der Waals surface area contributed by atoms with Crippen molar-refractivity contribution in [3.05, 3.63) is 77.9 Å². The van der Waals surface area contributed by atoms with Gasteiger partial charge in [0.05, 0.1) is 12.6 Å². The van der Waals surface area contributed by atoms with E-state index < -0.39 is 0 Å². The SMILES string of the molecule is CCOc1ccc([C@H](Nc2ccc3nnnn3n2)c2ccccc2)cc1. The first kappa shape index (κ1) is 16.0. The van der Waals surface area contributed by atoms with Gasteiger partial charge in [0.1, 0.15) is 11.6 Å². The molecule has 2 aromatic heterocycles. The summed E-state index contributed by atoms with van der Waals surface area (Å²) in [6.07, 6.45) is 0. The van der Waals surface area contributed by atoms with Crippen LogP contribution in [0.5, 0.6) is 5.75 Å². The summed E-state index contributed by atoms with van der Waals surface area (Å²) in [5.41, 5.74) is 2.85. The third-order valence-corrected chi connectivity index (χ3v) is 4.02. The first-order chi connectivity index (χ1) is 12.8. The summed E-state index contributed by atoms with van der Waals surface area (Å²) in [5, 5.41) is 19.3. The van der Waals surface area contributed by atoms with Crippen molar-refractivity contribution in [2.75, 3.05) is 11.9 Å². The van der Waals surface area contributed by atoms with Crippen LogP contribution >= 0.6 is 0 Å². The maximum atomic E-state index is 5.55. The molecule has 0 aliphatic heterocycles. The molecule has 4 rings (SSSR count). The van der Waals surface area contributed by atoms with Gasteiger partial charge in [0.15, 0.2) is 5.65 Å². The van der Waals surface area contributed by atoms with Crippen LogP contribution in [-0.4, -0.2) is 31.9 Å². The number of hydrogen-bond donors (Lipinski definition) is 1. The molecule has 0 unspecified atom stereocenters. The Balaban J connectivity index is 1.68. The molecule has 7 nitrogen and oxygen atoms in total. The summed E-state index contributed by atoms with van der Waals surface area (Å²) in [7, 11) is 0. The fourth-order valence-corrected chi connectivity index (χ4v) is 2.80. The van der Waals surface area contributed by atoms with Gasteiger partial charge in [-0.05, 0) is 52.7 Å². The average Bonchev–Trinajstić information content (AvgIpc) is 3.16. The molecule has 7 heteroatoms. The zero-order valence-electron chi connectivity index (χ0n) is 14.3. The van der Waals surface area contributed by atoms with Gasteiger partial charge in [0, 0.05) is 0 Å². The Bertz CT molecular complexity index is 984. The molecule has 0 fully saturated rings. The molecule has 2 aromatic carbocycles. The maximum absolute atomic E-state index is 5.55. The monoisotopic (exact) mass is 346 g/mol. The van der Waals surface area contributed by atoms with Gasteiger partial charge < -0.3 is 10.1 Å². The third-order valence-electron chi connectivity index (χ3n) is 4.02. The predicted octanol–water partition coefficient (Wildman–Crippen LogP) is 3.12. The lowest BCUT2D eigenvalue weighted by molar-refractivity contribution is 0.340. The molecular formula is C19H18N6O. The van der Waals surface area contributed by atoms with Gasteiger partial charge in [-0.3, -0.25) is 0 Å². The summed E-state index contributed by atoms with van der Waals surface area (Å²) in [5.74, 6) is 1.55. The van der Waals surface area contributed by atoms with E-state index in [2.05, 4.69) is 50.2 Å². The number of nitrogens with zero attached hydrogens (tertiary/aromatic N) is 5. The zero-order valence-corrected chi connectivity index (χ0v) is 14.3. The number of benzene rings is 2. The molecule has 0 aliphatic rings. The fraction of sp³-hybridized carbons (Fsp3) is 0.158. The van der Waals surface area contributed by atoms with Crippen LogP contribution in [0.3, 0.4) is 0 Å². The van der Waals surface area contributed by atoms with E-state index in [1.54, 1.807) is 0 Å². The highest BCUT2D eigenvalue weighted by atomic mass is 16.5. The molecule has 0 spiro atoms. The molecule has 4 aromatic rings. The van der Waals surface area contributed by atoms with Crippen LogP contribution in [0, 0.1) is 0 Å². The highest BCUT2D eigenvalue weighted by Crippen LogP contribution is 2.27. The van der Waals surface area contributed by atoms with Crippen molar-refractivity contribution in [1.82, 2.24) is 25.3 Å². The minimum absolute atomic E-state index is 0.0618. The van der Waals surface area contributed by atoms with Crippen molar-refractivity contribution >= 4 is 11.5 Å². The number of fused-ring (bicyclic) bond motifs is 1. The quantitative estimate of drug-likeness (QED) is 0.578. The molecule has 1 atom stereocenters. The van der Waals surface area contributed by atoms with E-state index in [0.29, 0.717) is 18.1 Å². The van der Waals surface area contributed by atoms with Gasteiger partial charge in [-0.25, -0.2) is 0 Å². The molecule has 0 bridgehead atoms. The van der Waals surface area contributed by atoms with Crippen molar-refractivity contribution in [3.63, 3.8) is 0 Å². The molecule has 0 saturated carbocycles. The maximum Gasteiger partial charge on any atom is 0.200 e. The van der Waals surface area contributed by atoms with E-state index in [4.69, 9.17) is 4.74 Å². The van der Waals surface area contributed by atoms with Gasteiger partial charge in [-0.1, -0.05) is 42.5 Å². The largest absolute Gasteiger partial charge is 0.494 e. The molecule has 0 amide bonds. The van der Waals surface area contributed by atoms with E-state index in [1.807, 2.05) is 49.4 Å². The Morgan fingerprint density at radius 1 is 0.962 bits per heavy atom. The van der Waals surface area contributed by atoms with Crippen LogP contribution in [-0.2, 0) is 0 Å². The minimum Gasteiger partial charge on any atom is -0.494 e. The Morgan fingerprint density at radius 3 is 2.50 bits per heavy atom. The van der Waals surface area contributed by atoms with Crippen LogP contribution in [0.15, 0.2) is 66.7 Å². The highest BCUT2D eigenvalue weighted by Gasteiger charge is 2.15. The van der Waals surface area contributed by atoms with E-state index in [9.17, 15) is 0 Å². The molecule has 0 saturated heterocycles. The van der Waals surface area contributed by atoms with Crippen LogP contribution in [0.1, 0.15) is 24.1 Å². The van der Waals surface area contributed by atoms with Crippen molar-refractivity contribution in [1.29, 1.82) is 0 Å². The molecule has 0 aliphatic carbocycles. The summed E-state index contributed by atoms with van der Waals surface area (Å²) >= 11 is 0. The third kappa shape index (κ3) is 3.32. The summed E-state index contributed by atoms with van der Waals surface area (Å²) in [6.45, 7) is 2.62. The smallest absolute Gasteiger partial charge is 0.200 e. The lowest BCUT2D eigenvalue weighted by atomic mass is 9.98. The van der Waals surface area contributed by atoms with Crippen LogP contribution in [0.2, 0.25) is 0 Å². The van der Waals surface area contributed by atoms with Crippen molar-refractivity contribution in [2.24, 2.45) is 0 Å². The fourth-order valence-electron chi connectivity index (χ4n) is 2.80. The lowest BCUT2D eigenvalue weighted by Crippen LogP contribution is -2.14. The second-order valence-electron chi connectivity index (χ2n) is 5.74. The standard InChI is InChI=1S/C19H18N6O/c1-2-26-16-10-8-15(9-11-16)19(14-6-4-3-5-7-14)20-17-12-13-18-21-23-24-25(18)22-17/h3-13,19H,2H2,1H3,(H,20,22)/t19-/m1/s1. The number of anilines is 1. The second kappa shape index (κ2) is 7.18.